The molecule has 0 aliphatic rings. The maximum Gasteiger partial charge on any atom is 0.318 e. The van der Waals surface area contributed by atoms with Crippen LogP contribution in [0, 0.1) is 6.92 Å². The monoisotopic (exact) mass is 252 g/mol. The number of pyridine rings is 1. The van der Waals surface area contributed by atoms with Crippen LogP contribution in [0.1, 0.15) is 17.3 Å². The standard InChI is InChI=1S/C11H13ClN4O/c1-8-4-3-5-9(13-8)7-16(2)11-15-14-10(6-12)17-11/h3-5H,6-7H2,1-2H3. The highest BCUT2D eigenvalue weighted by atomic mass is 35.5. The first-order chi connectivity index (χ1) is 8.19. The third-order valence-corrected chi connectivity index (χ3v) is 2.47. The second kappa shape index (κ2) is 5.14. The highest BCUT2D eigenvalue weighted by Crippen LogP contribution is 2.14. The van der Waals surface area contributed by atoms with Crippen LogP contribution in [-0.2, 0) is 12.4 Å². The SMILES string of the molecule is Cc1cccc(CN(C)c2nnc(CCl)o2)n1. The van der Waals surface area contributed by atoms with E-state index in [0.717, 1.165) is 11.4 Å². The van der Waals surface area contributed by atoms with Gasteiger partial charge in [-0.3, -0.25) is 4.98 Å². The van der Waals surface area contributed by atoms with Gasteiger partial charge in [-0.1, -0.05) is 11.2 Å². The van der Waals surface area contributed by atoms with Gasteiger partial charge in [-0.2, -0.15) is 0 Å². The maximum atomic E-state index is 5.60. The summed E-state index contributed by atoms with van der Waals surface area (Å²) in [6.45, 7) is 2.58. The van der Waals surface area contributed by atoms with Crippen molar-refractivity contribution in [1.82, 2.24) is 15.2 Å². The topological polar surface area (TPSA) is 55.1 Å². The number of rotatable bonds is 4. The van der Waals surface area contributed by atoms with Gasteiger partial charge >= 0.3 is 6.01 Å². The predicted molar refractivity (Wildman–Crippen MR) is 64.9 cm³/mol. The summed E-state index contributed by atoms with van der Waals surface area (Å²) in [4.78, 5) is 6.25. The number of nitrogens with zero attached hydrogens (tertiary/aromatic N) is 4. The average molecular weight is 253 g/mol. The Hall–Kier alpha value is -1.62. The van der Waals surface area contributed by atoms with Crippen LogP contribution in [0.15, 0.2) is 22.6 Å². The van der Waals surface area contributed by atoms with E-state index in [1.165, 1.54) is 0 Å². The summed E-state index contributed by atoms with van der Waals surface area (Å²) in [5.74, 6) is 0.648. The molecule has 0 aliphatic heterocycles. The molecule has 2 heterocycles. The molecule has 2 aromatic heterocycles. The van der Waals surface area contributed by atoms with E-state index >= 15 is 0 Å². The minimum Gasteiger partial charge on any atom is -0.407 e. The molecule has 0 unspecified atom stereocenters. The lowest BCUT2D eigenvalue weighted by Gasteiger charge is -2.13. The molecule has 0 bridgehead atoms. The lowest BCUT2D eigenvalue weighted by molar-refractivity contribution is 0.506. The van der Waals surface area contributed by atoms with E-state index in [4.69, 9.17) is 16.0 Å². The quantitative estimate of drug-likeness (QED) is 0.781. The van der Waals surface area contributed by atoms with E-state index in [2.05, 4.69) is 15.2 Å². The number of hydrogen-bond acceptors (Lipinski definition) is 5. The number of alkyl halides is 1. The molecule has 2 rings (SSSR count). The molecule has 0 fully saturated rings. The van der Waals surface area contributed by atoms with Crippen molar-refractivity contribution >= 4 is 17.6 Å². The molecule has 0 saturated carbocycles. The molecule has 0 N–H and O–H groups in total. The lowest BCUT2D eigenvalue weighted by Crippen LogP contribution is -2.17. The Balaban J connectivity index is 2.08. The van der Waals surface area contributed by atoms with Crippen LogP contribution in [0.2, 0.25) is 0 Å². The van der Waals surface area contributed by atoms with Crippen LogP contribution in [0.25, 0.3) is 0 Å². The Morgan fingerprint density at radius 2 is 2.18 bits per heavy atom. The van der Waals surface area contributed by atoms with Gasteiger partial charge in [0.1, 0.15) is 5.88 Å². The first-order valence-electron chi connectivity index (χ1n) is 5.21. The van der Waals surface area contributed by atoms with Crippen LogP contribution in [0.4, 0.5) is 6.01 Å². The minimum absolute atomic E-state index is 0.226. The summed E-state index contributed by atoms with van der Waals surface area (Å²) < 4.78 is 5.34. The van der Waals surface area contributed by atoms with Crippen molar-refractivity contribution in [3.63, 3.8) is 0 Å². The Kier molecular flexibility index (Phi) is 3.58. The minimum atomic E-state index is 0.226. The summed E-state index contributed by atoms with van der Waals surface area (Å²) >= 11 is 5.60. The van der Waals surface area contributed by atoms with Crippen LogP contribution >= 0.6 is 11.6 Å². The van der Waals surface area contributed by atoms with Crippen LogP contribution in [0.3, 0.4) is 0 Å². The number of aromatic nitrogens is 3. The summed E-state index contributed by atoms with van der Waals surface area (Å²) in [6, 6.07) is 6.34. The summed E-state index contributed by atoms with van der Waals surface area (Å²) in [5, 5.41) is 7.71. The van der Waals surface area contributed by atoms with Crippen LogP contribution in [0.5, 0.6) is 0 Å². The first kappa shape index (κ1) is 11.9. The van der Waals surface area contributed by atoms with E-state index in [9.17, 15) is 0 Å². The summed E-state index contributed by atoms with van der Waals surface area (Å²) in [7, 11) is 1.87. The molecule has 5 nitrogen and oxygen atoms in total. The van der Waals surface area contributed by atoms with Crippen molar-refractivity contribution in [3.05, 3.63) is 35.5 Å². The number of hydrogen-bond donors (Lipinski definition) is 0. The number of halogens is 1. The van der Waals surface area contributed by atoms with Gasteiger partial charge in [0.25, 0.3) is 0 Å². The fourth-order valence-corrected chi connectivity index (χ4v) is 1.56. The zero-order valence-corrected chi connectivity index (χ0v) is 10.5. The molecule has 0 aromatic carbocycles. The molecule has 0 saturated heterocycles. The lowest BCUT2D eigenvalue weighted by atomic mass is 10.3. The van der Waals surface area contributed by atoms with Crippen molar-refractivity contribution in [1.29, 1.82) is 0 Å². The molecule has 2 aromatic rings. The maximum absolute atomic E-state index is 5.60. The normalized spacial score (nSPS) is 10.5. The number of aryl methyl sites for hydroxylation is 1. The van der Waals surface area contributed by atoms with Gasteiger partial charge in [-0.25, -0.2) is 0 Å². The molecule has 0 aliphatic carbocycles. The van der Waals surface area contributed by atoms with E-state index in [0.29, 0.717) is 18.5 Å². The molecular formula is C11H13ClN4O. The van der Waals surface area contributed by atoms with Gasteiger partial charge in [0, 0.05) is 12.7 Å². The van der Waals surface area contributed by atoms with Gasteiger partial charge < -0.3 is 9.32 Å². The zero-order valence-electron chi connectivity index (χ0n) is 9.72. The molecule has 0 radical (unpaired) electrons. The van der Waals surface area contributed by atoms with Gasteiger partial charge in [-0.05, 0) is 19.1 Å². The van der Waals surface area contributed by atoms with Gasteiger partial charge in [0.15, 0.2) is 0 Å². The average Bonchev–Trinajstić information content (AvgIpc) is 2.77. The Labute approximate surface area is 104 Å². The van der Waals surface area contributed by atoms with Gasteiger partial charge in [-0.15, -0.1) is 16.7 Å². The summed E-state index contributed by atoms with van der Waals surface area (Å²) in [6.07, 6.45) is 0. The van der Waals surface area contributed by atoms with E-state index < -0.39 is 0 Å². The fraction of sp³-hybridized carbons (Fsp3) is 0.364. The Morgan fingerprint density at radius 1 is 1.35 bits per heavy atom. The molecular weight excluding hydrogens is 240 g/mol. The van der Waals surface area contributed by atoms with Crippen molar-refractivity contribution < 1.29 is 4.42 Å². The third-order valence-electron chi connectivity index (χ3n) is 2.24. The highest BCUT2D eigenvalue weighted by Gasteiger charge is 2.10. The van der Waals surface area contributed by atoms with E-state index in [1.54, 1.807) is 0 Å². The van der Waals surface area contributed by atoms with Crippen LogP contribution in [-0.4, -0.2) is 22.2 Å². The Bertz CT molecular complexity index is 500. The smallest absolute Gasteiger partial charge is 0.318 e. The molecule has 0 atom stereocenters. The molecule has 0 spiro atoms. The van der Waals surface area contributed by atoms with Crippen molar-refractivity contribution in [2.45, 2.75) is 19.3 Å². The largest absolute Gasteiger partial charge is 0.407 e. The molecule has 6 heteroatoms. The second-order valence-electron chi connectivity index (χ2n) is 3.74. The van der Waals surface area contributed by atoms with E-state index in [1.807, 2.05) is 37.1 Å². The van der Waals surface area contributed by atoms with Crippen molar-refractivity contribution in [2.24, 2.45) is 0 Å². The fourth-order valence-electron chi connectivity index (χ4n) is 1.45. The first-order valence-corrected chi connectivity index (χ1v) is 5.74. The predicted octanol–water partition coefficient (Wildman–Crippen LogP) is 2.15. The number of anilines is 1. The Morgan fingerprint density at radius 3 is 2.82 bits per heavy atom. The third kappa shape index (κ3) is 2.94. The molecule has 90 valence electrons. The zero-order chi connectivity index (χ0) is 12.3. The van der Waals surface area contributed by atoms with Gasteiger partial charge in [0.05, 0.1) is 12.2 Å². The molecule has 0 amide bonds. The second-order valence-corrected chi connectivity index (χ2v) is 4.01. The van der Waals surface area contributed by atoms with Crippen molar-refractivity contribution in [3.8, 4) is 0 Å². The van der Waals surface area contributed by atoms with Gasteiger partial charge in [0.2, 0.25) is 5.89 Å². The van der Waals surface area contributed by atoms with Crippen molar-refractivity contribution in [2.75, 3.05) is 11.9 Å². The molecule has 17 heavy (non-hydrogen) atoms. The van der Waals surface area contributed by atoms with E-state index in [-0.39, 0.29) is 5.88 Å². The summed E-state index contributed by atoms with van der Waals surface area (Å²) in [5.41, 5.74) is 1.95. The highest BCUT2D eigenvalue weighted by molar-refractivity contribution is 6.16. The van der Waals surface area contributed by atoms with Crippen LogP contribution < -0.4 is 4.90 Å².